The molecule has 162 valence electrons. The summed E-state index contributed by atoms with van der Waals surface area (Å²) in [6.07, 6.45) is 2.32. The number of aromatic amines is 2. The van der Waals surface area contributed by atoms with Gasteiger partial charge in [0, 0.05) is 40.7 Å². The van der Waals surface area contributed by atoms with Crippen molar-refractivity contribution in [1.29, 1.82) is 0 Å². The number of phenolic OH excluding ortho intramolecular Hbond substituents is 1. The van der Waals surface area contributed by atoms with Crippen molar-refractivity contribution in [2.24, 2.45) is 5.92 Å². The van der Waals surface area contributed by atoms with Crippen LogP contribution in [0.15, 0.2) is 36.0 Å². The summed E-state index contributed by atoms with van der Waals surface area (Å²) >= 11 is 0. The molecule has 3 N–H and O–H groups in total. The van der Waals surface area contributed by atoms with Gasteiger partial charge < -0.3 is 29.4 Å². The number of carbonyl (C=O) groups excluding carboxylic acids is 3. The second-order valence-electron chi connectivity index (χ2n) is 8.44. The van der Waals surface area contributed by atoms with Crippen LogP contribution in [0.4, 0.5) is 0 Å². The van der Waals surface area contributed by atoms with E-state index in [2.05, 4.69) is 9.97 Å². The number of piperidine rings is 1. The Balaban J connectivity index is 1.38. The summed E-state index contributed by atoms with van der Waals surface area (Å²) in [4.78, 5) is 45.8. The Labute approximate surface area is 181 Å². The number of esters is 1. The molecule has 1 spiro atoms. The summed E-state index contributed by atoms with van der Waals surface area (Å²) < 4.78 is 9.92. The first-order valence-corrected chi connectivity index (χ1v) is 10.2. The van der Waals surface area contributed by atoms with Gasteiger partial charge >= 0.3 is 5.97 Å². The number of hydrogen-bond acceptors (Lipinski definition) is 6. The average molecular weight is 433 g/mol. The fourth-order valence-electron chi connectivity index (χ4n) is 5.28. The minimum atomic E-state index is -0.537. The fraction of sp³-hybridized carbons (Fsp3) is 0.261. The first-order chi connectivity index (χ1) is 15.4. The molecule has 1 aromatic carbocycles. The van der Waals surface area contributed by atoms with Crippen molar-refractivity contribution in [3.05, 3.63) is 58.7 Å². The molecule has 2 aromatic heterocycles. The molecule has 1 amide bonds. The number of likely N-dealkylation sites (tertiary alicyclic amines) is 1. The molecule has 1 aliphatic heterocycles. The number of ether oxygens (including phenoxy) is 2. The van der Waals surface area contributed by atoms with Gasteiger partial charge in [0.15, 0.2) is 11.5 Å². The summed E-state index contributed by atoms with van der Waals surface area (Å²) in [6.45, 7) is 0.486. The lowest BCUT2D eigenvalue weighted by Gasteiger charge is -2.27. The number of allylic oxidation sites excluding steroid dienone is 2. The predicted molar refractivity (Wildman–Crippen MR) is 112 cm³/mol. The van der Waals surface area contributed by atoms with E-state index in [1.165, 1.54) is 26.4 Å². The smallest absolute Gasteiger partial charge is 0.354 e. The molecule has 32 heavy (non-hydrogen) atoms. The molecular weight excluding hydrogens is 414 g/mol. The summed E-state index contributed by atoms with van der Waals surface area (Å²) in [5, 5.41) is 10.7. The van der Waals surface area contributed by atoms with Crippen molar-refractivity contribution >= 4 is 28.6 Å². The van der Waals surface area contributed by atoms with Crippen molar-refractivity contribution < 1.29 is 29.0 Å². The molecule has 0 bridgehead atoms. The number of nitrogens with zero attached hydrogens (tertiary/aromatic N) is 1. The minimum absolute atomic E-state index is 0.0126. The van der Waals surface area contributed by atoms with E-state index in [-0.39, 0.29) is 29.1 Å². The van der Waals surface area contributed by atoms with E-state index in [4.69, 9.17) is 9.47 Å². The highest BCUT2D eigenvalue weighted by molar-refractivity contribution is 6.10. The number of fused-ring (bicyclic) bond motifs is 2. The summed E-state index contributed by atoms with van der Waals surface area (Å²) in [5.74, 6) is -0.586. The summed E-state index contributed by atoms with van der Waals surface area (Å²) in [6, 6.07) is 6.52. The highest BCUT2D eigenvalue weighted by atomic mass is 16.5. The van der Waals surface area contributed by atoms with E-state index in [0.29, 0.717) is 40.3 Å². The van der Waals surface area contributed by atoms with Crippen LogP contribution in [0.1, 0.15) is 43.4 Å². The van der Waals surface area contributed by atoms with Crippen LogP contribution in [-0.2, 0) is 10.2 Å². The largest absolute Gasteiger partial charge is 0.504 e. The molecule has 1 saturated heterocycles. The van der Waals surface area contributed by atoms with Gasteiger partial charge in [0.05, 0.1) is 19.9 Å². The molecule has 2 atom stereocenters. The molecule has 2 fully saturated rings. The van der Waals surface area contributed by atoms with Gasteiger partial charge in [-0.25, -0.2) is 4.79 Å². The second kappa shape index (κ2) is 6.03. The molecule has 3 aliphatic rings. The minimum Gasteiger partial charge on any atom is -0.504 e. The van der Waals surface area contributed by atoms with E-state index >= 15 is 0 Å². The number of rotatable bonds is 3. The van der Waals surface area contributed by atoms with Gasteiger partial charge in [0.25, 0.3) is 5.91 Å². The van der Waals surface area contributed by atoms with Crippen LogP contribution in [0.3, 0.4) is 0 Å². The first-order valence-electron chi connectivity index (χ1n) is 10.2. The monoisotopic (exact) mass is 433 g/mol. The maximum absolute atomic E-state index is 13.4. The SMILES string of the molecule is COC(=O)c1cc2c([nH]1)C(=O)C=C1N(C(=O)c3cc4cc(O)c(OC)cc4[nH]3)C[C@H]3C[C@]123. The number of ketones is 1. The maximum Gasteiger partial charge on any atom is 0.354 e. The normalized spacial score (nSPS) is 22.8. The molecule has 9 nitrogen and oxygen atoms in total. The molecule has 3 heterocycles. The van der Waals surface area contributed by atoms with E-state index < -0.39 is 11.4 Å². The molecule has 0 radical (unpaired) electrons. The zero-order valence-corrected chi connectivity index (χ0v) is 17.3. The number of benzene rings is 1. The van der Waals surface area contributed by atoms with E-state index in [1.54, 1.807) is 23.1 Å². The molecule has 9 heteroatoms. The fourth-order valence-corrected chi connectivity index (χ4v) is 5.28. The Bertz CT molecular complexity index is 1400. The average Bonchev–Trinajstić information content (AvgIpc) is 3.13. The third-order valence-corrected chi connectivity index (χ3v) is 6.87. The molecule has 1 saturated carbocycles. The van der Waals surface area contributed by atoms with Crippen LogP contribution in [0.25, 0.3) is 10.9 Å². The molecule has 2 aliphatic carbocycles. The lowest BCUT2D eigenvalue weighted by Crippen LogP contribution is -2.33. The number of methoxy groups -OCH3 is 2. The molecular formula is C23H19N3O6. The second-order valence-corrected chi connectivity index (χ2v) is 8.44. The lowest BCUT2D eigenvalue weighted by atomic mass is 9.85. The van der Waals surface area contributed by atoms with Crippen molar-refractivity contribution in [1.82, 2.24) is 14.9 Å². The number of hydrogen-bond donors (Lipinski definition) is 3. The number of H-pyrrole nitrogens is 2. The Hall–Kier alpha value is -4.01. The van der Waals surface area contributed by atoms with Gasteiger partial charge in [-0.15, -0.1) is 0 Å². The van der Waals surface area contributed by atoms with Gasteiger partial charge in [0.2, 0.25) is 5.78 Å². The van der Waals surface area contributed by atoms with Gasteiger partial charge in [-0.2, -0.15) is 0 Å². The highest BCUT2D eigenvalue weighted by Crippen LogP contribution is 2.66. The maximum atomic E-state index is 13.4. The number of amides is 1. The van der Waals surface area contributed by atoms with Gasteiger partial charge in [-0.1, -0.05) is 0 Å². The summed E-state index contributed by atoms with van der Waals surface area (Å²) in [5.41, 5.74) is 2.62. The van der Waals surface area contributed by atoms with Crippen LogP contribution in [0, 0.1) is 5.92 Å². The van der Waals surface area contributed by atoms with Crippen LogP contribution in [-0.4, -0.2) is 58.4 Å². The van der Waals surface area contributed by atoms with Crippen molar-refractivity contribution in [3.8, 4) is 11.5 Å². The Kier molecular flexibility index (Phi) is 3.53. The van der Waals surface area contributed by atoms with E-state index in [0.717, 1.165) is 12.0 Å². The third-order valence-electron chi connectivity index (χ3n) is 6.87. The predicted octanol–water partition coefficient (Wildman–Crippen LogP) is 2.49. The number of nitrogens with one attached hydrogen (secondary N) is 2. The van der Waals surface area contributed by atoms with Gasteiger partial charge in [0.1, 0.15) is 11.4 Å². The molecule has 0 unspecified atom stereocenters. The Morgan fingerprint density at radius 3 is 2.72 bits per heavy atom. The van der Waals surface area contributed by atoms with Crippen LogP contribution in [0.2, 0.25) is 0 Å². The van der Waals surface area contributed by atoms with E-state index in [9.17, 15) is 19.5 Å². The zero-order chi connectivity index (χ0) is 22.4. The third kappa shape index (κ3) is 2.25. The van der Waals surface area contributed by atoms with Crippen LogP contribution >= 0.6 is 0 Å². The zero-order valence-electron chi connectivity index (χ0n) is 17.3. The first kappa shape index (κ1) is 18.7. The van der Waals surface area contributed by atoms with Crippen LogP contribution in [0.5, 0.6) is 11.5 Å². The molecule has 3 aromatic rings. The highest BCUT2D eigenvalue weighted by Gasteiger charge is 2.67. The Morgan fingerprint density at radius 1 is 1.16 bits per heavy atom. The van der Waals surface area contributed by atoms with Crippen molar-refractivity contribution in [3.63, 3.8) is 0 Å². The Morgan fingerprint density at radius 2 is 1.97 bits per heavy atom. The number of carbonyl (C=O) groups is 3. The summed E-state index contributed by atoms with van der Waals surface area (Å²) in [7, 11) is 2.75. The molecule has 6 rings (SSSR count). The topological polar surface area (TPSA) is 125 Å². The van der Waals surface area contributed by atoms with Gasteiger partial charge in [-0.3, -0.25) is 9.59 Å². The van der Waals surface area contributed by atoms with Gasteiger partial charge in [-0.05, 0) is 36.1 Å². The van der Waals surface area contributed by atoms with Crippen LogP contribution < -0.4 is 4.74 Å². The van der Waals surface area contributed by atoms with Crippen molar-refractivity contribution in [2.75, 3.05) is 20.8 Å². The number of phenols is 1. The van der Waals surface area contributed by atoms with E-state index in [1.807, 2.05) is 0 Å². The standard InChI is InChI=1S/C23H19N3O6/c1-31-18-6-13-10(4-16(18)27)3-14(24-13)21(29)26-9-11-8-23(11)12-5-15(22(30)32-2)25-20(12)17(28)7-19(23)26/h3-7,11,24-25,27H,8-9H2,1-2H3/t11-,23-/m1/s1. The number of aromatic nitrogens is 2. The number of aromatic hydroxyl groups is 1. The lowest BCUT2D eigenvalue weighted by molar-refractivity contribution is 0.0594. The van der Waals surface area contributed by atoms with Crippen molar-refractivity contribution in [2.45, 2.75) is 11.8 Å². The quantitative estimate of drug-likeness (QED) is 0.545.